The monoisotopic (exact) mass is 456 g/mol. The van der Waals surface area contributed by atoms with Crippen LogP contribution in [0.25, 0.3) is 0 Å². The molecule has 4 unspecified atom stereocenters. The first-order valence-corrected chi connectivity index (χ1v) is 11.3. The molecule has 12 heteroatoms. The lowest BCUT2D eigenvalue weighted by molar-refractivity contribution is -0.141. The highest BCUT2D eigenvalue weighted by atomic mass is 32.2. The number of amides is 3. The number of carboxylic acid groups (broad SMARTS) is 1. The van der Waals surface area contributed by atoms with Gasteiger partial charge >= 0.3 is 5.97 Å². The third-order valence-electron chi connectivity index (χ3n) is 4.56. The van der Waals surface area contributed by atoms with E-state index in [0.29, 0.717) is 17.9 Å². The van der Waals surface area contributed by atoms with Crippen LogP contribution in [0.4, 0.5) is 0 Å². The van der Waals surface area contributed by atoms with Crippen LogP contribution in [-0.2, 0) is 25.6 Å². The molecule has 1 rings (SSSR count). The number of thioether (sulfide) groups is 1. The van der Waals surface area contributed by atoms with Crippen LogP contribution in [0.1, 0.15) is 32.9 Å². The maximum Gasteiger partial charge on any atom is 0.325 e. The number of nitrogens with two attached hydrogens (primary N) is 1. The predicted molar refractivity (Wildman–Crippen MR) is 117 cm³/mol. The van der Waals surface area contributed by atoms with Gasteiger partial charge in [-0.25, -0.2) is 4.98 Å². The van der Waals surface area contributed by atoms with Gasteiger partial charge in [0.15, 0.2) is 0 Å². The Morgan fingerprint density at radius 2 is 1.81 bits per heavy atom. The van der Waals surface area contributed by atoms with Gasteiger partial charge in [0.2, 0.25) is 17.7 Å². The Bertz CT molecular complexity index is 742. The third kappa shape index (κ3) is 8.97. The van der Waals surface area contributed by atoms with E-state index >= 15 is 0 Å². The summed E-state index contributed by atoms with van der Waals surface area (Å²) in [6.45, 7) is 4.84. The highest BCUT2D eigenvalue weighted by Gasteiger charge is 2.31. The molecule has 0 saturated heterocycles. The lowest BCUT2D eigenvalue weighted by Crippen LogP contribution is -2.58. The van der Waals surface area contributed by atoms with Gasteiger partial charge in [0.25, 0.3) is 0 Å². The zero-order valence-corrected chi connectivity index (χ0v) is 19.0. The van der Waals surface area contributed by atoms with Crippen LogP contribution in [0.3, 0.4) is 0 Å². The first kappa shape index (κ1) is 26.4. The molecule has 0 aliphatic carbocycles. The number of nitrogens with zero attached hydrogens (tertiary/aromatic N) is 1. The number of aliphatic carboxylic acids is 1. The van der Waals surface area contributed by atoms with Crippen molar-refractivity contribution in [3.05, 3.63) is 18.2 Å². The number of nitrogens with one attached hydrogen (secondary N) is 4. The molecule has 0 saturated carbocycles. The molecule has 0 fully saturated rings. The first-order valence-electron chi connectivity index (χ1n) is 9.92. The number of carbonyl (C=O) groups excluding carboxylic acids is 3. The lowest BCUT2D eigenvalue weighted by Gasteiger charge is -2.26. The summed E-state index contributed by atoms with van der Waals surface area (Å²) in [5.74, 6) is -2.44. The quantitative estimate of drug-likeness (QED) is 0.224. The number of hydrogen-bond acceptors (Lipinski definition) is 7. The van der Waals surface area contributed by atoms with Crippen molar-refractivity contribution in [1.29, 1.82) is 0 Å². The van der Waals surface area contributed by atoms with Crippen molar-refractivity contribution in [2.75, 3.05) is 12.0 Å². The molecule has 4 atom stereocenters. The van der Waals surface area contributed by atoms with Gasteiger partial charge in [-0.15, -0.1) is 0 Å². The molecule has 11 nitrogen and oxygen atoms in total. The van der Waals surface area contributed by atoms with Crippen LogP contribution in [0.5, 0.6) is 0 Å². The maximum atomic E-state index is 12.9. The van der Waals surface area contributed by atoms with E-state index < -0.39 is 47.9 Å². The van der Waals surface area contributed by atoms with Crippen LogP contribution in [-0.4, -0.2) is 74.9 Å². The maximum absolute atomic E-state index is 12.9. The fourth-order valence-corrected chi connectivity index (χ4v) is 3.12. The van der Waals surface area contributed by atoms with Gasteiger partial charge in [-0.1, -0.05) is 13.8 Å². The number of aromatic nitrogens is 2. The molecule has 0 aromatic carbocycles. The normalized spacial score (nSPS) is 14.9. The standard InChI is InChI=1S/C19H32N6O5S/c1-10(2)15(25-16(26)13(20)5-6-31-4)18(28)24-14(7-12-8-21-9-22-12)17(27)23-11(3)19(29)30/h8-11,13-15H,5-7,20H2,1-4H3,(H,21,22)(H,23,27)(H,24,28)(H,25,26)(H,29,30). The minimum atomic E-state index is -1.20. The molecule has 174 valence electrons. The zero-order valence-electron chi connectivity index (χ0n) is 18.2. The van der Waals surface area contributed by atoms with Gasteiger partial charge in [0.1, 0.15) is 18.1 Å². The summed E-state index contributed by atoms with van der Waals surface area (Å²) in [6.07, 6.45) is 5.37. The van der Waals surface area contributed by atoms with Crippen molar-refractivity contribution in [2.45, 2.75) is 57.8 Å². The summed E-state index contributed by atoms with van der Waals surface area (Å²) in [5.41, 5.74) is 6.46. The van der Waals surface area contributed by atoms with Crippen LogP contribution < -0.4 is 21.7 Å². The molecule has 3 amide bonds. The number of hydrogen-bond donors (Lipinski definition) is 6. The van der Waals surface area contributed by atoms with Crippen LogP contribution in [0, 0.1) is 5.92 Å². The molecular formula is C19H32N6O5S. The molecule has 31 heavy (non-hydrogen) atoms. The van der Waals surface area contributed by atoms with Gasteiger partial charge in [0, 0.05) is 18.3 Å². The Morgan fingerprint density at radius 3 is 2.32 bits per heavy atom. The summed E-state index contributed by atoms with van der Waals surface area (Å²) in [7, 11) is 0. The second-order valence-corrected chi connectivity index (χ2v) is 8.51. The molecule has 0 aliphatic rings. The topological polar surface area (TPSA) is 179 Å². The molecule has 0 spiro atoms. The Hall–Kier alpha value is -2.60. The van der Waals surface area contributed by atoms with Crippen molar-refractivity contribution in [3.8, 4) is 0 Å². The largest absolute Gasteiger partial charge is 0.480 e. The summed E-state index contributed by atoms with van der Waals surface area (Å²) < 4.78 is 0. The van der Waals surface area contributed by atoms with E-state index in [9.17, 15) is 19.2 Å². The van der Waals surface area contributed by atoms with Gasteiger partial charge in [-0.3, -0.25) is 19.2 Å². The summed E-state index contributed by atoms with van der Waals surface area (Å²) >= 11 is 1.57. The van der Waals surface area contributed by atoms with Crippen molar-refractivity contribution < 1.29 is 24.3 Å². The van der Waals surface area contributed by atoms with Crippen molar-refractivity contribution in [3.63, 3.8) is 0 Å². The van der Waals surface area contributed by atoms with Crippen LogP contribution in [0.2, 0.25) is 0 Å². The molecule has 0 bridgehead atoms. The Labute approximate surface area is 185 Å². The van der Waals surface area contributed by atoms with E-state index in [1.807, 2.05) is 6.26 Å². The molecule has 7 N–H and O–H groups in total. The van der Waals surface area contributed by atoms with Crippen LogP contribution in [0.15, 0.2) is 12.5 Å². The number of aromatic amines is 1. The Balaban J connectivity index is 2.92. The molecule has 1 aromatic rings. The fourth-order valence-electron chi connectivity index (χ4n) is 2.63. The van der Waals surface area contributed by atoms with Crippen molar-refractivity contribution >= 4 is 35.5 Å². The molecular weight excluding hydrogens is 424 g/mol. The number of carbonyl (C=O) groups is 4. The summed E-state index contributed by atoms with van der Waals surface area (Å²) in [6, 6.07) is -3.87. The smallest absolute Gasteiger partial charge is 0.325 e. The predicted octanol–water partition coefficient (Wildman–Crippen LogP) is -0.752. The van der Waals surface area contributed by atoms with E-state index in [4.69, 9.17) is 10.8 Å². The van der Waals surface area contributed by atoms with Gasteiger partial charge in [-0.05, 0) is 31.3 Å². The van der Waals surface area contributed by atoms with E-state index in [-0.39, 0.29) is 12.3 Å². The highest BCUT2D eigenvalue weighted by Crippen LogP contribution is 2.07. The Kier molecular flexibility index (Phi) is 11.0. The molecule has 0 aliphatic heterocycles. The lowest BCUT2D eigenvalue weighted by atomic mass is 10.0. The molecule has 1 heterocycles. The average Bonchev–Trinajstić information content (AvgIpc) is 3.21. The van der Waals surface area contributed by atoms with E-state index in [1.54, 1.807) is 25.6 Å². The molecule has 0 radical (unpaired) electrons. The minimum Gasteiger partial charge on any atom is -0.480 e. The number of carboxylic acids is 1. The zero-order chi connectivity index (χ0) is 23.6. The SMILES string of the molecule is CSCCC(N)C(=O)NC(C(=O)NC(Cc1cnc[nH]1)C(=O)NC(C)C(=O)O)C(C)C. The van der Waals surface area contributed by atoms with Crippen LogP contribution >= 0.6 is 11.8 Å². The number of rotatable bonds is 13. The van der Waals surface area contributed by atoms with Gasteiger partial charge in [-0.2, -0.15) is 11.8 Å². The first-order chi connectivity index (χ1) is 14.6. The van der Waals surface area contributed by atoms with E-state index in [2.05, 4.69) is 25.9 Å². The summed E-state index contributed by atoms with van der Waals surface area (Å²) in [4.78, 5) is 55.7. The van der Waals surface area contributed by atoms with Crippen molar-refractivity contribution in [2.24, 2.45) is 11.7 Å². The Morgan fingerprint density at radius 1 is 1.13 bits per heavy atom. The molecule has 1 aromatic heterocycles. The summed E-state index contributed by atoms with van der Waals surface area (Å²) in [5, 5.41) is 16.7. The second kappa shape index (κ2) is 13.0. The highest BCUT2D eigenvalue weighted by molar-refractivity contribution is 7.98. The average molecular weight is 457 g/mol. The van der Waals surface area contributed by atoms with Gasteiger partial charge in [0.05, 0.1) is 12.4 Å². The van der Waals surface area contributed by atoms with E-state index in [0.717, 1.165) is 0 Å². The number of imidazole rings is 1. The fraction of sp³-hybridized carbons (Fsp3) is 0.632. The van der Waals surface area contributed by atoms with Crippen molar-refractivity contribution in [1.82, 2.24) is 25.9 Å². The van der Waals surface area contributed by atoms with E-state index in [1.165, 1.54) is 19.4 Å². The number of H-pyrrole nitrogens is 1. The third-order valence-corrected chi connectivity index (χ3v) is 5.20. The minimum absolute atomic E-state index is 0.0654. The second-order valence-electron chi connectivity index (χ2n) is 7.53. The van der Waals surface area contributed by atoms with Gasteiger partial charge < -0.3 is 31.8 Å².